The number of nitrogens with zero attached hydrogens (tertiary/aromatic N) is 1. The molecule has 0 saturated carbocycles. The summed E-state index contributed by atoms with van der Waals surface area (Å²) < 4.78 is 1.05. The molecule has 0 atom stereocenters. The number of hydrogen-bond donors (Lipinski definition) is 1. The Kier molecular flexibility index (Phi) is 4.00. The fraction of sp³-hybridized carbons (Fsp3) is 0.357. The van der Waals surface area contributed by atoms with Crippen LogP contribution in [0.2, 0.25) is 0 Å². The molecule has 1 heterocycles. The summed E-state index contributed by atoms with van der Waals surface area (Å²) in [6.45, 7) is 5.25. The number of halogens is 1. The Morgan fingerprint density at radius 1 is 1.35 bits per heavy atom. The molecule has 1 aromatic heterocycles. The van der Waals surface area contributed by atoms with Gasteiger partial charge >= 0.3 is 0 Å². The van der Waals surface area contributed by atoms with Gasteiger partial charge in [-0.15, -0.1) is 0 Å². The van der Waals surface area contributed by atoms with Crippen LogP contribution in [0.25, 0.3) is 10.9 Å². The Bertz CT molecular complexity index is 523. The average Bonchev–Trinajstić information content (AvgIpc) is 2.31. The van der Waals surface area contributed by atoms with Crippen LogP contribution >= 0.6 is 15.9 Å². The number of para-hydroxylation sites is 1. The second kappa shape index (κ2) is 5.50. The lowest BCUT2D eigenvalue weighted by Gasteiger charge is -2.11. The SMILES string of the molecule is CCCCNc1cc(C)nc2c(Br)cccc12. The maximum atomic E-state index is 4.58. The molecule has 0 bridgehead atoms. The smallest absolute Gasteiger partial charge is 0.0867 e. The molecule has 90 valence electrons. The van der Waals surface area contributed by atoms with E-state index in [2.05, 4.69) is 51.4 Å². The molecular formula is C14H17BrN2. The number of anilines is 1. The zero-order valence-electron chi connectivity index (χ0n) is 10.3. The number of fused-ring (bicyclic) bond motifs is 1. The van der Waals surface area contributed by atoms with Crippen molar-refractivity contribution in [2.45, 2.75) is 26.7 Å². The fourth-order valence-electron chi connectivity index (χ4n) is 1.89. The molecule has 0 unspecified atom stereocenters. The summed E-state index contributed by atoms with van der Waals surface area (Å²) in [6, 6.07) is 8.31. The van der Waals surface area contributed by atoms with Crippen LogP contribution in [-0.2, 0) is 0 Å². The van der Waals surface area contributed by atoms with Gasteiger partial charge in [0.25, 0.3) is 0 Å². The Morgan fingerprint density at radius 2 is 2.18 bits per heavy atom. The van der Waals surface area contributed by atoms with Crippen LogP contribution < -0.4 is 5.32 Å². The summed E-state index contributed by atoms with van der Waals surface area (Å²) in [5, 5.41) is 4.68. The van der Waals surface area contributed by atoms with Gasteiger partial charge in [-0.3, -0.25) is 4.98 Å². The van der Waals surface area contributed by atoms with Crippen molar-refractivity contribution < 1.29 is 0 Å². The summed E-state index contributed by atoms with van der Waals surface area (Å²) in [5.74, 6) is 0. The predicted molar refractivity (Wildman–Crippen MR) is 77.6 cm³/mol. The molecule has 0 aliphatic carbocycles. The van der Waals surface area contributed by atoms with Gasteiger partial charge < -0.3 is 5.32 Å². The minimum absolute atomic E-state index is 1.02. The van der Waals surface area contributed by atoms with Crippen molar-refractivity contribution in [3.63, 3.8) is 0 Å². The molecule has 0 radical (unpaired) electrons. The molecular weight excluding hydrogens is 276 g/mol. The van der Waals surface area contributed by atoms with Gasteiger partial charge in [-0.25, -0.2) is 0 Å². The van der Waals surface area contributed by atoms with Crippen molar-refractivity contribution in [1.82, 2.24) is 4.98 Å². The van der Waals surface area contributed by atoms with Crippen molar-refractivity contribution in [3.05, 3.63) is 34.4 Å². The van der Waals surface area contributed by atoms with Gasteiger partial charge in [0.1, 0.15) is 0 Å². The van der Waals surface area contributed by atoms with E-state index in [9.17, 15) is 0 Å². The Morgan fingerprint density at radius 3 is 2.94 bits per heavy atom. The summed E-state index contributed by atoms with van der Waals surface area (Å²) in [5.41, 5.74) is 3.26. The Labute approximate surface area is 111 Å². The molecule has 0 aliphatic rings. The van der Waals surface area contributed by atoms with Crippen LogP contribution in [-0.4, -0.2) is 11.5 Å². The number of rotatable bonds is 4. The number of benzene rings is 1. The monoisotopic (exact) mass is 292 g/mol. The molecule has 3 heteroatoms. The van der Waals surface area contributed by atoms with E-state index in [1.807, 2.05) is 13.0 Å². The topological polar surface area (TPSA) is 24.9 Å². The summed E-state index contributed by atoms with van der Waals surface area (Å²) in [7, 11) is 0. The first kappa shape index (κ1) is 12.4. The van der Waals surface area contributed by atoms with E-state index in [1.165, 1.54) is 23.9 Å². The van der Waals surface area contributed by atoms with E-state index < -0.39 is 0 Å². The minimum atomic E-state index is 1.02. The van der Waals surface area contributed by atoms with E-state index in [4.69, 9.17) is 0 Å². The summed E-state index contributed by atoms with van der Waals surface area (Å²) >= 11 is 3.56. The molecule has 0 amide bonds. The lowest BCUT2D eigenvalue weighted by molar-refractivity contribution is 0.835. The molecule has 2 rings (SSSR count). The normalized spacial score (nSPS) is 10.8. The third-order valence-corrected chi connectivity index (χ3v) is 3.40. The second-order valence-corrected chi connectivity index (χ2v) is 5.08. The van der Waals surface area contributed by atoms with E-state index in [1.54, 1.807) is 0 Å². The molecule has 2 nitrogen and oxygen atoms in total. The third kappa shape index (κ3) is 2.78. The zero-order valence-corrected chi connectivity index (χ0v) is 11.8. The van der Waals surface area contributed by atoms with Gasteiger partial charge in [0.05, 0.1) is 5.52 Å². The van der Waals surface area contributed by atoms with Gasteiger partial charge in [-0.1, -0.05) is 25.5 Å². The number of pyridine rings is 1. The molecule has 17 heavy (non-hydrogen) atoms. The molecule has 0 fully saturated rings. The van der Waals surface area contributed by atoms with Crippen LogP contribution in [0, 0.1) is 6.92 Å². The Balaban J connectivity index is 2.43. The van der Waals surface area contributed by atoms with E-state index in [0.29, 0.717) is 0 Å². The highest BCUT2D eigenvalue weighted by Gasteiger charge is 2.05. The summed E-state index contributed by atoms with van der Waals surface area (Å²) in [4.78, 5) is 4.58. The van der Waals surface area contributed by atoms with Gasteiger partial charge in [-0.2, -0.15) is 0 Å². The predicted octanol–water partition coefficient (Wildman–Crippen LogP) is 4.52. The lowest BCUT2D eigenvalue weighted by Crippen LogP contribution is -2.02. The third-order valence-electron chi connectivity index (χ3n) is 2.76. The molecule has 0 aliphatic heterocycles. The van der Waals surface area contributed by atoms with Crippen LogP contribution in [0.4, 0.5) is 5.69 Å². The van der Waals surface area contributed by atoms with E-state index in [-0.39, 0.29) is 0 Å². The molecule has 1 N–H and O–H groups in total. The number of hydrogen-bond acceptors (Lipinski definition) is 2. The van der Waals surface area contributed by atoms with Crippen molar-refractivity contribution in [3.8, 4) is 0 Å². The lowest BCUT2D eigenvalue weighted by atomic mass is 10.1. The maximum absolute atomic E-state index is 4.58. The number of unbranched alkanes of at least 4 members (excludes halogenated alkanes) is 1. The number of aromatic nitrogens is 1. The highest BCUT2D eigenvalue weighted by Crippen LogP contribution is 2.28. The molecule has 0 spiro atoms. The molecule has 2 aromatic rings. The van der Waals surface area contributed by atoms with Crippen LogP contribution in [0.5, 0.6) is 0 Å². The molecule has 1 aromatic carbocycles. The molecule has 0 saturated heterocycles. The largest absolute Gasteiger partial charge is 0.384 e. The van der Waals surface area contributed by atoms with Crippen molar-refractivity contribution in [1.29, 1.82) is 0 Å². The summed E-state index contributed by atoms with van der Waals surface area (Å²) in [6.07, 6.45) is 2.40. The fourth-order valence-corrected chi connectivity index (χ4v) is 2.34. The zero-order chi connectivity index (χ0) is 12.3. The van der Waals surface area contributed by atoms with E-state index >= 15 is 0 Å². The van der Waals surface area contributed by atoms with Crippen molar-refractivity contribution >= 4 is 32.5 Å². The van der Waals surface area contributed by atoms with Gasteiger partial charge in [0, 0.05) is 27.8 Å². The highest BCUT2D eigenvalue weighted by atomic mass is 79.9. The van der Waals surface area contributed by atoms with Crippen molar-refractivity contribution in [2.24, 2.45) is 0 Å². The second-order valence-electron chi connectivity index (χ2n) is 4.23. The first-order valence-corrected chi connectivity index (χ1v) is 6.81. The van der Waals surface area contributed by atoms with Crippen LogP contribution in [0.1, 0.15) is 25.5 Å². The minimum Gasteiger partial charge on any atom is -0.384 e. The maximum Gasteiger partial charge on any atom is 0.0867 e. The van der Waals surface area contributed by atoms with Gasteiger partial charge in [-0.05, 0) is 41.4 Å². The average molecular weight is 293 g/mol. The number of nitrogens with one attached hydrogen (secondary N) is 1. The number of aryl methyl sites for hydroxylation is 1. The Hall–Kier alpha value is -1.09. The standard InChI is InChI=1S/C14H17BrN2/c1-3-4-8-16-13-9-10(2)17-14-11(13)6-5-7-12(14)15/h5-7,9H,3-4,8H2,1-2H3,(H,16,17). The van der Waals surface area contributed by atoms with Gasteiger partial charge in [0.2, 0.25) is 0 Å². The van der Waals surface area contributed by atoms with E-state index in [0.717, 1.165) is 22.2 Å². The van der Waals surface area contributed by atoms with Crippen molar-refractivity contribution in [2.75, 3.05) is 11.9 Å². The van der Waals surface area contributed by atoms with Crippen LogP contribution in [0.15, 0.2) is 28.7 Å². The van der Waals surface area contributed by atoms with Gasteiger partial charge in [0.15, 0.2) is 0 Å². The first-order chi connectivity index (χ1) is 8.22. The quantitative estimate of drug-likeness (QED) is 0.838. The van der Waals surface area contributed by atoms with Crippen LogP contribution in [0.3, 0.4) is 0 Å². The highest BCUT2D eigenvalue weighted by molar-refractivity contribution is 9.10. The first-order valence-electron chi connectivity index (χ1n) is 6.02.